The summed E-state index contributed by atoms with van der Waals surface area (Å²) in [5, 5.41) is 13.4. The van der Waals surface area contributed by atoms with Gasteiger partial charge in [-0.25, -0.2) is 0 Å². The van der Waals surface area contributed by atoms with Gasteiger partial charge < -0.3 is 15.2 Å². The van der Waals surface area contributed by atoms with E-state index in [1.54, 1.807) is 0 Å². The Labute approximate surface area is 126 Å². The number of aliphatic hydroxyl groups excluding tert-OH is 1. The molecule has 1 aromatic carbocycles. The second-order valence-electron chi connectivity index (χ2n) is 6.21. The van der Waals surface area contributed by atoms with Crippen molar-refractivity contribution in [2.75, 3.05) is 6.61 Å². The standard InChI is InChI=1S/C17H25NO3/c1-9(2)16(20)13-8-14-15(18-12(5)19)6-7-21-17(14)11(4)10(13)3/h8-9,15-16,20H,6-7H2,1-5H3,(H,18,19). The van der Waals surface area contributed by atoms with Gasteiger partial charge in [0.15, 0.2) is 0 Å². The zero-order valence-corrected chi connectivity index (χ0v) is 13.5. The van der Waals surface area contributed by atoms with E-state index in [-0.39, 0.29) is 17.9 Å². The highest BCUT2D eigenvalue weighted by Crippen LogP contribution is 2.40. The number of benzene rings is 1. The largest absolute Gasteiger partial charge is 0.493 e. The number of ether oxygens (including phenoxy) is 1. The second kappa shape index (κ2) is 6.06. The summed E-state index contributed by atoms with van der Waals surface area (Å²) in [7, 11) is 0. The highest BCUT2D eigenvalue weighted by molar-refractivity contribution is 5.73. The summed E-state index contributed by atoms with van der Waals surface area (Å²) < 4.78 is 5.81. The summed E-state index contributed by atoms with van der Waals surface area (Å²) in [6.07, 6.45) is 0.251. The first kappa shape index (κ1) is 15.8. The summed E-state index contributed by atoms with van der Waals surface area (Å²) in [4.78, 5) is 11.4. The smallest absolute Gasteiger partial charge is 0.217 e. The van der Waals surface area contributed by atoms with Gasteiger partial charge in [-0.1, -0.05) is 13.8 Å². The van der Waals surface area contributed by atoms with Crippen molar-refractivity contribution in [1.82, 2.24) is 5.32 Å². The Kier molecular flexibility index (Phi) is 4.57. The van der Waals surface area contributed by atoms with E-state index in [2.05, 4.69) is 5.32 Å². The molecule has 1 aromatic rings. The van der Waals surface area contributed by atoms with Crippen LogP contribution in [0.4, 0.5) is 0 Å². The minimum absolute atomic E-state index is 0.0383. The van der Waals surface area contributed by atoms with E-state index in [0.717, 1.165) is 34.4 Å². The van der Waals surface area contributed by atoms with Crippen LogP contribution in [0, 0.1) is 19.8 Å². The fourth-order valence-corrected chi connectivity index (χ4v) is 2.89. The summed E-state index contributed by atoms with van der Waals surface area (Å²) in [6.45, 7) is 10.2. The average molecular weight is 291 g/mol. The molecule has 0 saturated heterocycles. The number of hydrogen-bond donors (Lipinski definition) is 2. The molecule has 2 unspecified atom stereocenters. The molecule has 0 bridgehead atoms. The molecule has 0 saturated carbocycles. The lowest BCUT2D eigenvalue weighted by atomic mass is 9.87. The normalized spacial score (nSPS) is 18.9. The molecule has 0 radical (unpaired) electrons. The van der Waals surface area contributed by atoms with E-state index in [1.165, 1.54) is 6.92 Å². The molecule has 2 N–H and O–H groups in total. The van der Waals surface area contributed by atoms with Crippen LogP contribution in [-0.2, 0) is 4.79 Å². The van der Waals surface area contributed by atoms with Crippen molar-refractivity contribution in [3.63, 3.8) is 0 Å². The van der Waals surface area contributed by atoms with Gasteiger partial charge in [0, 0.05) is 18.9 Å². The molecule has 4 nitrogen and oxygen atoms in total. The number of nitrogens with one attached hydrogen (secondary N) is 1. The van der Waals surface area contributed by atoms with Crippen LogP contribution in [0.2, 0.25) is 0 Å². The van der Waals surface area contributed by atoms with Crippen molar-refractivity contribution in [3.05, 3.63) is 28.3 Å². The maximum absolute atomic E-state index is 11.4. The van der Waals surface area contributed by atoms with E-state index in [0.29, 0.717) is 6.61 Å². The predicted octanol–water partition coefficient (Wildman–Crippen LogP) is 2.95. The van der Waals surface area contributed by atoms with E-state index >= 15 is 0 Å². The van der Waals surface area contributed by atoms with Crippen LogP contribution in [0.15, 0.2) is 6.07 Å². The Morgan fingerprint density at radius 3 is 2.62 bits per heavy atom. The third kappa shape index (κ3) is 3.05. The van der Waals surface area contributed by atoms with Gasteiger partial charge in [-0.05, 0) is 42.5 Å². The molecular weight excluding hydrogens is 266 g/mol. The first-order valence-corrected chi connectivity index (χ1v) is 7.54. The Morgan fingerprint density at radius 2 is 2.05 bits per heavy atom. The van der Waals surface area contributed by atoms with Gasteiger partial charge in [-0.15, -0.1) is 0 Å². The van der Waals surface area contributed by atoms with Crippen LogP contribution >= 0.6 is 0 Å². The molecule has 0 aliphatic carbocycles. The molecular formula is C17H25NO3. The van der Waals surface area contributed by atoms with Gasteiger partial charge in [0.1, 0.15) is 5.75 Å². The van der Waals surface area contributed by atoms with Crippen molar-refractivity contribution in [2.24, 2.45) is 5.92 Å². The number of carbonyl (C=O) groups is 1. The molecule has 1 aliphatic heterocycles. The van der Waals surface area contributed by atoms with E-state index in [1.807, 2.05) is 33.8 Å². The number of fused-ring (bicyclic) bond motifs is 1. The third-order valence-corrected chi connectivity index (χ3v) is 4.27. The lowest BCUT2D eigenvalue weighted by Gasteiger charge is -2.30. The Hall–Kier alpha value is -1.55. The molecule has 0 aromatic heterocycles. The van der Waals surface area contributed by atoms with Crippen molar-refractivity contribution in [3.8, 4) is 5.75 Å². The van der Waals surface area contributed by atoms with E-state index in [9.17, 15) is 9.90 Å². The molecule has 116 valence electrons. The highest BCUT2D eigenvalue weighted by Gasteiger charge is 2.27. The number of amides is 1. The number of hydrogen-bond acceptors (Lipinski definition) is 3. The molecule has 2 atom stereocenters. The molecule has 1 heterocycles. The fraction of sp³-hybridized carbons (Fsp3) is 0.588. The monoisotopic (exact) mass is 291 g/mol. The summed E-state index contributed by atoms with van der Waals surface area (Å²) in [6, 6.07) is 1.96. The average Bonchev–Trinajstić information content (AvgIpc) is 2.42. The van der Waals surface area contributed by atoms with Crippen molar-refractivity contribution >= 4 is 5.91 Å². The van der Waals surface area contributed by atoms with Crippen LogP contribution in [0.1, 0.15) is 61.6 Å². The zero-order chi connectivity index (χ0) is 15.7. The van der Waals surface area contributed by atoms with Gasteiger partial charge >= 0.3 is 0 Å². The van der Waals surface area contributed by atoms with E-state index in [4.69, 9.17) is 4.74 Å². The molecule has 1 aliphatic rings. The number of rotatable bonds is 3. The minimum atomic E-state index is -0.506. The van der Waals surface area contributed by atoms with Gasteiger partial charge in [-0.2, -0.15) is 0 Å². The van der Waals surface area contributed by atoms with Crippen molar-refractivity contribution in [2.45, 2.75) is 53.2 Å². The highest BCUT2D eigenvalue weighted by atomic mass is 16.5. The summed E-state index contributed by atoms with van der Waals surface area (Å²) in [5.41, 5.74) is 4.03. The Bertz CT molecular complexity index is 551. The third-order valence-electron chi connectivity index (χ3n) is 4.27. The topological polar surface area (TPSA) is 58.6 Å². The zero-order valence-electron chi connectivity index (χ0n) is 13.5. The number of carbonyl (C=O) groups excluding carboxylic acids is 1. The first-order chi connectivity index (χ1) is 9.82. The molecule has 4 heteroatoms. The predicted molar refractivity (Wildman–Crippen MR) is 82.4 cm³/mol. The molecule has 1 amide bonds. The molecule has 21 heavy (non-hydrogen) atoms. The quantitative estimate of drug-likeness (QED) is 0.900. The Morgan fingerprint density at radius 1 is 1.38 bits per heavy atom. The lowest BCUT2D eigenvalue weighted by Crippen LogP contribution is -2.31. The maximum atomic E-state index is 11.4. The van der Waals surface area contributed by atoms with Gasteiger partial charge in [0.25, 0.3) is 0 Å². The molecule has 0 fully saturated rings. The minimum Gasteiger partial charge on any atom is -0.493 e. The number of aliphatic hydroxyl groups is 1. The van der Waals surface area contributed by atoms with Crippen LogP contribution in [0.25, 0.3) is 0 Å². The van der Waals surface area contributed by atoms with E-state index < -0.39 is 6.10 Å². The molecule has 0 spiro atoms. The van der Waals surface area contributed by atoms with Gasteiger partial charge in [-0.3, -0.25) is 4.79 Å². The van der Waals surface area contributed by atoms with Crippen LogP contribution < -0.4 is 10.1 Å². The van der Waals surface area contributed by atoms with Crippen molar-refractivity contribution < 1.29 is 14.6 Å². The van der Waals surface area contributed by atoms with Crippen molar-refractivity contribution in [1.29, 1.82) is 0 Å². The second-order valence-corrected chi connectivity index (χ2v) is 6.21. The first-order valence-electron chi connectivity index (χ1n) is 7.54. The lowest BCUT2D eigenvalue weighted by molar-refractivity contribution is -0.119. The Balaban J connectivity index is 2.53. The van der Waals surface area contributed by atoms with Gasteiger partial charge in [0.05, 0.1) is 18.8 Å². The van der Waals surface area contributed by atoms with Gasteiger partial charge in [0.2, 0.25) is 5.91 Å². The summed E-state index contributed by atoms with van der Waals surface area (Å²) in [5.74, 6) is 0.958. The van der Waals surface area contributed by atoms with Crippen LogP contribution in [-0.4, -0.2) is 17.6 Å². The van der Waals surface area contributed by atoms with Crippen LogP contribution in [0.3, 0.4) is 0 Å². The summed E-state index contributed by atoms with van der Waals surface area (Å²) >= 11 is 0. The fourth-order valence-electron chi connectivity index (χ4n) is 2.89. The molecule has 2 rings (SSSR count). The van der Waals surface area contributed by atoms with Crippen LogP contribution in [0.5, 0.6) is 5.75 Å². The maximum Gasteiger partial charge on any atom is 0.217 e. The SMILES string of the molecule is CC(=O)NC1CCOc2c1cc(C(O)C(C)C)c(C)c2C.